The maximum atomic E-state index is 13.7. The first-order valence-corrected chi connectivity index (χ1v) is 11.6. The van der Waals surface area contributed by atoms with Gasteiger partial charge in [0, 0.05) is 42.5 Å². The molecule has 0 saturated carbocycles. The summed E-state index contributed by atoms with van der Waals surface area (Å²) >= 11 is 0. The van der Waals surface area contributed by atoms with Crippen LogP contribution in [-0.4, -0.2) is 17.0 Å². The molecular formula is C29H31FN2O. The molecule has 3 aromatic carbocycles. The van der Waals surface area contributed by atoms with Crippen LogP contribution in [-0.2, 0) is 11.3 Å². The van der Waals surface area contributed by atoms with Crippen LogP contribution in [0.2, 0.25) is 0 Å². The molecule has 0 bridgehead atoms. The molecule has 0 saturated heterocycles. The number of benzene rings is 3. The lowest BCUT2D eigenvalue weighted by molar-refractivity contribution is -0.121. The van der Waals surface area contributed by atoms with Gasteiger partial charge in [-0.15, -0.1) is 0 Å². The molecular weight excluding hydrogens is 411 g/mol. The number of amides is 1. The smallest absolute Gasteiger partial charge is 0.220 e. The molecule has 0 fully saturated rings. The van der Waals surface area contributed by atoms with E-state index in [-0.39, 0.29) is 17.6 Å². The van der Waals surface area contributed by atoms with Crippen LogP contribution < -0.4 is 5.32 Å². The van der Waals surface area contributed by atoms with E-state index in [1.54, 1.807) is 12.1 Å². The van der Waals surface area contributed by atoms with Crippen molar-refractivity contribution in [3.63, 3.8) is 0 Å². The topological polar surface area (TPSA) is 34.0 Å². The van der Waals surface area contributed by atoms with Crippen molar-refractivity contribution in [2.75, 3.05) is 6.54 Å². The van der Waals surface area contributed by atoms with E-state index in [9.17, 15) is 9.18 Å². The molecule has 1 aromatic heterocycles. The second-order valence-corrected chi connectivity index (χ2v) is 9.06. The molecule has 1 unspecified atom stereocenters. The third-order valence-corrected chi connectivity index (χ3v) is 6.10. The molecule has 4 heteroatoms. The van der Waals surface area contributed by atoms with Gasteiger partial charge in [0.05, 0.1) is 0 Å². The fourth-order valence-corrected chi connectivity index (χ4v) is 4.32. The number of carbonyl (C=O) groups excluding carboxylic acids is 1. The van der Waals surface area contributed by atoms with Crippen LogP contribution >= 0.6 is 0 Å². The maximum Gasteiger partial charge on any atom is 0.220 e. The van der Waals surface area contributed by atoms with Gasteiger partial charge < -0.3 is 9.88 Å². The maximum absolute atomic E-state index is 13.7. The van der Waals surface area contributed by atoms with E-state index in [0.29, 0.717) is 18.9 Å². The molecule has 0 aliphatic heterocycles. The third-order valence-electron chi connectivity index (χ3n) is 6.10. The number of nitrogens with zero attached hydrogens (tertiary/aromatic N) is 1. The summed E-state index contributed by atoms with van der Waals surface area (Å²) in [5.41, 5.74) is 4.38. The van der Waals surface area contributed by atoms with Crippen LogP contribution in [0, 0.1) is 11.7 Å². The summed E-state index contributed by atoms with van der Waals surface area (Å²) in [7, 11) is 0. The number of aromatic nitrogens is 1. The van der Waals surface area contributed by atoms with E-state index in [1.807, 2.05) is 30.3 Å². The Morgan fingerprint density at radius 3 is 2.36 bits per heavy atom. The molecule has 0 aliphatic rings. The zero-order valence-corrected chi connectivity index (χ0v) is 19.3. The molecule has 0 aliphatic carbocycles. The van der Waals surface area contributed by atoms with Gasteiger partial charge in [-0.3, -0.25) is 4.79 Å². The summed E-state index contributed by atoms with van der Waals surface area (Å²) < 4.78 is 15.9. The first kappa shape index (κ1) is 22.8. The van der Waals surface area contributed by atoms with E-state index in [1.165, 1.54) is 17.7 Å². The Morgan fingerprint density at radius 1 is 0.939 bits per heavy atom. The van der Waals surface area contributed by atoms with Gasteiger partial charge in [-0.25, -0.2) is 4.39 Å². The van der Waals surface area contributed by atoms with Gasteiger partial charge in [0.25, 0.3) is 0 Å². The van der Waals surface area contributed by atoms with Crippen molar-refractivity contribution in [3.8, 4) is 0 Å². The Kier molecular flexibility index (Phi) is 7.23. The van der Waals surface area contributed by atoms with Gasteiger partial charge in [-0.05, 0) is 47.2 Å². The highest BCUT2D eigenvalue weighted by atomic mass is 19.1. The fraction of sp³-hybridized carbons (Fsp3) is 0.276. The molecule has 1 N–H and O–H groups in total. The van der Waals surface area contributed by atoms with Gasteiger partial charge in [-0.2, -0.15) is 0 Å². The Bertz CT molecular complexity index is 1200. The molecule has 0 spiro atoms. The number of rotatable bonds is 9. The number of nitrogens with one attached hydrogen (secondary N) is 1. The van der Waals surface area contributed by atoms with Crippen molar-refractivity contribution in [2.24, 2.45) is 5.92 Å². The number of hydrogen-bond acceptors (Lipinski definition) is 1. The average molecular weight is 443 g/mol. The first-order chi connectivity index (χ1) is 16.0. The SMILES string of the molecule is CC(C)CCNC(=O)CC(c1ccc(F)cc1)c1cn(Cc2ccccc2)c2ccccc12. The standard InChI is InChI=1S/C29H31FN2O/c1-21(2)16-17-31-29(33)18-26(23-12-14-24(30)15-13-23)27-20-32(19-22-8-4-3-5-9-22)28-11-7-6-10-25(27)28/h3-15,20-21,26H,16-19H2,1-2H3,(H,31,33). The van der Waals surface area contributed by atoms with Crippen LogP contribution in [0.4, 0.5) is 4.39 Å². The minimum atomic E-state index is -0.273. The van der Waals surface area contributed by atoms with Crippen molar-refractivity contribution < 1.29 is 9.18 Å². The highest BCUT2D eigenvalue weighted by molar-refractivity contribution is 5.86. The largest absolute Gasteiger partial charge is 0.356 e. The average Bonchev–Trinajstić information content (AvgIpc) is 3.17. The molecule has 4 aromatic rings. The number of fused-ring (bicyclic) bond motifs is 1. The summed E-state index contributed by atoms with van der Waals surface area (Å²) in [6.07, 6.45) is 3.43. The lowest BCUT2D eigenvalue weighted by Gasteiger charge is -2.18. The van der Waals surface area contributed by atoms with Crippen LogP contribution in [0.15, 0.2) is 85.1 Å². The molecule has 3 nitrogen and oxygen atoms in total. The van der Waals surface area contributed by atoms with Gasteiger partial charge in [0.2, 0.25) is 5.91 Å². The summed E-state index contributed by atoms with van der Waals surface area (Å²) in [5.74, 6) is 0.121. The zero-order valence-electron chi connectivity index (χ0n) is 19.3. The number of halogens is 1. The first-order valence-electron chi connectivity index (χ1n) is 11.6. The Morgan fingerprint density at radius 2 is 1.64 bits per heavy atom. The minimum absolute atomic E-state index is 0.0184. The van der Waals surface area contributed by atoms with Crippen LogP contribution in [0.1, 0.15) is 49.3 Å². The highest BCUT2D eigenvalue weighted by Gasteiger charge is 2.23. The van der Waals surface area contributed by atoms with Gasteiger partial charge in [0.15, 0.2) is 0 Å². The number of hydrogen-bond donors (Lipinski definition) is 1. The quantitative estimate of drug-likeness (QED) is 0.315. The van der Waals surface area contributed by atoms with Gasteiger partial charge >= 0.3 is 0 Å². The van der Waals surface area contributed by atoms with Crippen molar-refractivity contribution in [2.45, 2.75) is 39.2 Å². The zero-order chi connectivity index (χ0) is 23.2. The van der Waals surface area contributed by atoms with E-state index in [0.717, 1.165) is 35.0 Å². The summed E-state index contributed by atoms with van der Waals surface area (Å²) in [4.78, 5) is 12.9. The Labute approximate surface area is 195 Å². The second kappa shape index (κ2) is 10.5. The lowest BCUT2D eigenvalue weighted by Crippen LogP contribution is -2.27. The van der Waals surface area contributed by atoms with Crippen LogP contribution in [0.5, 0.6) is 0 Å². The number of carbonyl (C=O) groups is 1. The van der Waals surface area contributed by atoms with Crippen molar-refractivity contribution in [3.05, 3.63) is 108 Å². The van der Waals surface area contributed by atoms with Crippen LogP contribution in [0.3, 0.4) is 0 Å². The molecule has 1 heterocycles. The third kappa shape index (κ3) is 5.70. The molecule has 33 heavy (non-hydrogen) atoms. The lowest BCUT2D eigenvalue weighted by atomic mass is 9.88. The normalized spacial score (nSPS) is 12.2. The summed E-state index contributed by atoms with van der Waals surface area (Å²) in [5, 5.41) is 4.19. The molecule has 0 radical (unpaired) electrons. The monoisotopic (exact) mass is 442 g/mol. The minimum Gasteiger partial charge on any atom is -0.356 e. The van der Waals surface area contributed by atoms with E-state index >= 15 is 0 Å². The van der Waals surface area contributed by atoms with E-state index in [2.05, 4.69) is 54.2 Å². The van der Waals surface area contributed by atoms with E-state index in [4.69, 9.17) is 0 Å². The van der Waals surface area contributed by atoms with Crippen molar-refractivity contribution in [1.29, 1.82) is 0 Å². The molecule has 1 atom stereocenters. The second-order valence-electron chi connectivity index (χ2n) is 9.06. The van der Waals surface area contributed by atoms with Crippen molar-refractivity contribution >= 4 is 16.8 Å². The highest BCUT2D eigenvalue weighted by Crippen LogP contribution is 2.35. The molecule has 4 rings (SSSR count). The fourth-order valence-electron chi connectivity index (χ4n) is 4.32. The summed E-state index contributed by atoms with van der Waals surface area (Å²) in [6, 6.07) is 25.2. The summed E-state index contributed by atoms with van der Waals surface area (Å²) in [6.45, 7) is 5.71. The van der Waals surface area contributed by atoms with Crippen LogP contribution in [0.25, 0.3) is 10.9 Å². The Hall–Kier alpha value is -3.40. The molecule has 170 valence electrons. The van der Waals surface area contributed by atoms with E-state index < -0.39 is 0 Å². The predicted molar refractivity (Wildman–Crippen MR) is 133 cm³/mol. The van der Waals surface area contributed by atoms with Crippen molar-refractivity contribution in [1.82, 2.24) is 9.88 Å². The van der Waals surface area contributed by atoms with Gasteiger partial charge in [0.1, 0.15) is 5.82 Å². The molecule has 1 amide bonds. The van der Waals surface area contributed by atoms with Gasteiger partial charge in [-0.1, -0.05) is 74.5 Å². The predicted octanol–water partition coefficient (Wildman–Crippen LogP) is 6.51. The Balaban J connectivity index is 1.70. The number of para-hydroxylation sites is 1.